The zero-order valence-electron chi connectivity index (χ0n) is 16.4. The van der Waals surface area contributed by atoms with Gasteiger partial charge >= 0.3 is 0 Å². The fourth-order valence-corrected chi connectivity index (χ4v) is 7.95. The third-order valence-electron chi connectivity index (χ3n) is 6.91. The number of anilines is 2. The Bertz CT molecular complexity index is 1190. The average Bonchev–Trinajstić information content (AvgIpc) is 3.08. The first-order valence-electron chi connectivity index (χ1n) is 10.0. The third-order valence-corrected chi connectivity index (χ3v) is 9.61. The van der Waals surface area contributed by atoms with Crippen LogP contribution in [0.25, 0.3) is 0 Å². The lowest BCUT2D eigenvalue weighted by molar-refractivity contribution is -0.122. The number of nitrogens with zero attached hydrogens (tertiary/aromatic N) is 2. The van der Waals surface area contributed by atoms with Gasteiger partial charge in [-0.25, -0.2) is 4.90 Å². The van der Waals surface area contributed by atoms with Gasteiger partial charge in [-0.1, -0.05) is 80.4 Å². The minimum atomic E-state index is -0.848. The van der Waals surface area contributed by atoms with Gasteiger partial charge in [0.1, 0.15) is 0 Å². The smallest absolute Gasteiger partial charge is 0.239 e. The van der Waals surface area contributed by atoms with Gasteiger partial charge in [-0.05, 0) is 46.5 Å². The Morgan fingerprint density at radius 2 is 1.12 bits per heavy atom. The second kappa shape index (κ2) is 6.51. The van der Waals surface area contributed by atoms with Crippen LogP contribution in [0.15, 0.2) is 72.8 Å². The zero-order chi connectivity index (χ0) is 22.4. The second-order valence-electron chi connectivity index (χ2n) is 8.27. The minimum absolute atomic E-state index is 0.0130. The van der Waals surface area contributed by atoms with E-state index in [1.807, 2.05) is 48.5 Å². The van der Waals surface area contributed by atoms with Crippen molar-refractivity contribution in [2.75, 3.05) is 10.1 Å². The van der Waals surface area contributed by atoms with Gasteiger partial charge in [0.25, 0.3) is 0 Å². The van der Waals surface area contributed by atoms with Crippen LogP contribution >= 0.6 is 31.9 Å². The lowest BCUT2D eigenvalue weighted by Gasteiger charge is -2.55. The van der Waals surface area contributed by atoms with Gasteiger partial charge in [-0.3, -0.25) is 14.8 Å². The summed E-state index contributed by atoms with van der Waals surface area (Å²) in [4.78, 5) is 28.9. The SMILES string of the molecule is O=C1C2C(C(=O)N1c1ccc(N([O-])O)cc1)C1(Br)c3ccccc3C2(Br)c2ccccc21. The van der Waals surface area contributed by atoms with Crippen LogP contribution < -0.4 is 10.1 Å². The number of benzene rings is 3. The van der Waals surface area contributed by atoms with Crippen LogP contribution in [-0.2, 0) is 18.2 Å². The lowest BCUT2D eigenvalue weighted by Crippen LogP contribution is -2.56. The van der Waals surface area contributed by atoms with Gasteiger partial charge in [-0.2, -0.15) is 0 Å². The fraction of sp³-hybridized carbons (Fsp3) is 0.167. The van der Waals surface area contributed by atoms with Crippen molar-refractivity contribution < 1.29 is 14.8 Å². The molecule has 3 aromatic carbocycles. The van der Waals surface area contributed by atoms with Gasteiger partial charge in [0.05, 0.1) is 31.9 Å². The number of hydrogen-bond donors (Lipinski definition) is 1. The van der Waals surface area contributed by atoms with Gasteiger partial charge in [0.15, 0.2) is 0 Å². The monoisotopic (exact) mass is 553 g/mol. The molecule has 1 N–H and O–H groups in total. The standard InChI is InChI=1S/C24H15Br2N2O4/c25-23-15-5-1-2-6-16(15)24(26,18-8-4-3-7-17(18)23)20-19(23)21(29)27(22(20)30)13-9-11-14(12-10-13)28(31)32/h1-12,19-20,31H/q-1. The molecule has 1 aliphatic heterocycles. The highest BCUT2D eigenvalue weighted by Crippen LogP contribution is 2.70. The highest BCUT2D eigenvalue weighted by atomic mass is 79.9. The Morgan fingerprint density at radius 3 is 1.47 bits per heavy atom. The van der Waals surface area contributed by atoms with Crippen molar-refractivity contribution in [1.82, 2.24) is 0 Å². The molecule has 3 aromatic rings. The lowest BCUT2D eigenvalue weighted by atomic mass is 9.54. The predicted molar refractivity (Wildman–Crippen MR) is 126 cm³/mol. The number of alkyl halides is 2. The van der Waals surface area contributed by atoms with Crippen molar-refractivity contribution in [1.29, 1.82) is 0 Å². The average molecular weight is 555 g/mol. The number of rotatable bonds is 2. The quantitative estimate of drug-likeness (QED) is 0.280. The molecule has 6 nitrogen and oxygen atoms in total. The molecule has 7 rings (SSSR count). The first-order chi connectivity index (χ1) is 15.3. The van der Waals surface area contributed by atoms with Crippen molar-refractivity contribution in [3.8, 4) is 0 Å². The van der Waals surface area contributed by atoms with Crippen LogP contribution in [-0.4, -0.2) is 17.0 Å². The molecule has 1 fully saturated rings. The first-order valence-corrected chi connectivity index (χ1v) is 11.6. The highest BCUT2D eigenvalue weighted by molar-refractivity contribution is 9.10. The molecule has 0 spiro atoms. The number of carbonyl (C=O) groups is 2. The van der Waals surface area contributed by atoms with E-state index in [0.717, 1.165) is 22.3 Å². The Hall–Kier alpha value is -2.52. The summed E-state index contributed by atoms with van der Waals surface area (Å²) >= 11 is 7.92. The summed E-state index contributed by atoms with van der Waals surface area (Å²) in [5.41, 5.74) is 4.25. The summed E-state index contributed by atoms with van der Waals surface area (Å²) < 4.78 is -1.70. The fourth-order valence-electron chi connectivity index (χ4n) is 5.65. The molecular formula is C24H15Br2N2O4-. The largest absolute Gasteiger partial charge is 0.733 e. The van der Waals surface area contributed by atoms with Gasteiger partial charge in [0.2, 0.25) is 11.8 Å². The van der Waals surface area contributed by atoms with Crippen molar-refractivity contribution in [2.45, 2.75) is 8.65 Å². The Kier molecular flexibility index (Phi) is 4.09. The van der Waals surface area contributed by atoms with Crippen LogP contribution in [0, 0.1) is 17.0 Å². The molecule has 3 aliphatic carbocycles. The molecule has 1 heterocycles. The number of amides is 2. The number of halogens is 2. The van der Waals surface area contributed by atoms with Crippen molar-refractivity contribution in [3.63, 3.8) is 0 Å². The van der Waals surface area contributed by atoms with E-state index >= 15 is 0 Å². The van der Waals surface area contributed by atoms with Crippen molar-refractivity contribution in [3.05, 3.63) is 100 Å². The summed E-state index contributed by atoms with van der Waals surface area (Å²) in [6, 6.07) is 21.5. The Balaban J connectivity index is 1.59. The molecule has 8 heteroatoms. The maximum atomic E-state index is 13.9. The molecule has 4 aliphatic rings. The summed E-state index contributed by atoms with van der Waals surface area (Å²) in [7, 11) is 0. The van der Waals surface area contributed by atoms with Crippen LogP contribution in [0.3, 0.4) is 0 Å². The summed E-state index contributed by atoms with van der Waals surface area (Å²) in [6.45, 7) is 0. The normalized spacial score (nSPS) is 29.6. The van der Waals surface area contributed by atoms with Crippen molar-refractivity contribution in [2.24, 2.45) is 11.8 Å². The van der Waals surface area contributed by atoms with E-state index in [9.17, 15) is 14.8 Å². The first kappa shape index (κ1) is 20.1. The van der Waals surface area contributed by atoms with Crippen LogP contribution in [0.4, 0.5) is 11.4 Å². The molecule has 2 unspecified atom stereocenters. The molecule has 0 saturated carbocycles. The molecule has 2 bridgehead atoms. The minimum Gasteiger partial charge on any atom is -0.733 e. The van der Waals surface area contributed by atoms with E-state index in [0.29, 0.717) is 5.69 Å². The zero-order valence-corrected chi connectivity index (χ0v) is 19.6. The van der Waals surface area contributed by atoms with Crippen LogP contribution in [0.5, 0.6) is 0 Å². The summed E-state index contributed by atoms with van der Waals surface area (Å²) in [6.07, 6.45) is 0. The van der Waals surface area contributed by atoms with Crippen LogP contribution in [0.2, 0.25) is 0 Å². The van der Waals surface area contributed by atoms with E-state index < -0.39 is 20.5 Å². The molecule has 160 valence electrons. The third kappa shape index (κ3) is 2.21. The molecule has 2 amide bonds. The maximum Gasteiger partial charge on any atom is 0.239 e. The molecular weight excluding hydrogens is 540 g/mol. The predicted octanol–water partition coefficient (Wildman–Crippen LogP) is 4.79. The van der Waals surface area contributed by atoms with E-state index in [1.54, 1.807) is 0 Å². The number of carbonyl (C=O) groups excluding carboxylic acids is 2. The van der Waals surface area contributed by atoms with Crippen molar-refractivity contribution >= 4 is 55.0 Å². The molecule has 0 aromatic heterocycles. The van der Waals surface area contributed by atoms with E-state index in [1.165, 1.54) is 29.2 Å². The van der Waals surface area contributed by atoms with Crippen LogP contribution in [0.1, 0.15) is 22.3 Å². The molecule has 1 saturated heterocycles. The second-order valence-corrected chi connectivity index (χ2v) is 10.8. The maximum absolute atomic E-state index is 13.9. The number of hydrogen-bond acceptors (Lipinski definition) is 5. The summed E-state index contributed by atoms with van der Waals surface area (Å²) in [5, 5.41) is 20.0. The van der Waals surface area contributed by atoms with Gasteiger partial charge in [0, 0.05) is 0 Å². The highest BCUT2D eigenvalue weighted by Gasteiger charge is 2.72. The molecule has 32 heavy (non-hydrogen) atoms. The topological polar surface area (TPSA) is 83.9 Å². The number of imide groups is 1. The van der Waals surface area contributed by atoms with E-state index in [4.69, 9.17) is 5.21 Å². The van der Waals surface area contributed by atoms with E-state index in [2.05, 4.69) is 31.9 Å². The van der Waals surface area contributed by atoms with Gasteiger partial charge in [-0.15, -0.1) is 0 Å². The Labute approximate surface area is 200 Å². The Morgan fingerprint density at radius 1 is 0.750 bits per heavy atom. The molecule has 2 atom stereocenters. The summed E-state index contributed by atoms with van der Waals surface area (Å²) in [5.74, 6) is -1.93. The van der Waals surface area contributed by atoms with Gasteiger partial charge < -0.3 is 10.4 Å². The molecule has 0 radical (unpaired) electrons. The van der Waals surface area contributed by atoms with E-state index in [-0.39, 0.29) is 22.7 Å².